The van der Waals surface area contributed by atoms with E-state index in [-0.39, 0.29) is 17.3 Å². The second-order valence-electron chi connectivity index (χ2n) is 8.66. The number of rotatable bonds is 12. The normalized spacial score (nSPS) is 12.0. The van der Waals surface area contributed by atoms with E-state index >= 15 is 0 Å². The number of hydrogen-bond acceptors (Lipinski definition) is 4. The monoisotopic (exact) mass is 559 g/mol. The van der Waals surface area contributed by atoms with Crippen LogP contribution in [0.3, 0.4) is 0 Å². The van der Waals surface area contributed by atoms with Crippen LogP contribution in [-0.4, -0.2) is 44.3 Å². The summed E-state index contributed by atoms with van der Waals surface area (Å²) >= 11 is 5.96. The van der Waals surface area contributed by atoms with E-state index in [4.69, 9.17) is 11.6 Å². The molecule has 3 rings (SSSR count). The van der Waals surface area contributed by atoms with Gasteiger partial charge in [-0.15, -0.1) is 0 Å². The predicted molar refractivity (Wildman–Crippen MR) is 147 cm³/mol. The highest BCUT2D eigenvalue weighted by Crippen LogP contribution is 2.25. The highest BCUT2D eigenvalue weighted by molar-refractivity contribution is 7.92. The number of halogens is 2. The molecule has 0 saturated carbocycles. The molecule has 0 bridgehead atoms. The number of sulfonamides is 1. The Balaban J connectivity index is 2.01. The summed E-state index contributed by atoms with van der Waals surface area (Å²) in [5, 5.41) is 3.20. The number of benzene rings is 3. The predicted octanol–water partition coefficient (Wildman–Crippen LogP) is 5.01. The van der Waals surface area contributed by atoms with Crippen molar-refractivity contribution in [1.29, 1.82) is 0 Å². The molecular weight excluding hydrogens is 529 g/mol. The molecule has 0 saturated heterocycles. The van der Waals surface area contributed by atoms with Gasteiger partial charge in [0.2, 0.25) is 11.8 Å². The standard InChI is InChI=1S/C28H31ClFN3O4S/c1-3-18-31-28(35)26(4-2)32(19-21-10-14-23(30)15-11-21)27(34)20-33(24-8-6-5-7-9-24)38(36,37)25-16-12-22(29)13-17-25/h5-17,26H,3-4,18-20H2,1-2H3,(H,31,35). The Bertz CT molecular complexity index is 1320. The van der Waals surface area contributed by atoms with Crippen molar-refractivity contribution in [2.24, 2.45) is 0 Å². The maximum Gasteiger partial charge on any atom is 0.264 e. The maximum absolute atomic E-state index is 13.9. The zero-order chi connectivity index (χ0) is 27.7. The van der Waals surface area contributed by atoms with Crippen molar-refractivity contribution in [2.45, 2.75) is 44.2 Å². The summed E-state index contributed by atoms with van der Waals surface area (Å²) in [6, 6.07) is 18.7. The summed E-state index contributed by atoms with van der Waals surface area (Å²) < 4.78 is 42.0. The van der Waals surface area contributed by atoms with Gasteiger partial charge in [-0.25, -0.2) is 12.8 Å². The Hall–Kier alpha value is -3.43. The molecule has 0 aliphatic heterocycles. The fourth-order valence-electron chi connectivity index (χ4n) is 3.93. The molecular formula is C28H31ClFN3O4S. The van der Waals surface area contributed by atoms with E-state index in [1.807, 2.05) is 6.92 Å². The van der Waals surface area contributed by atoms with Gasteiger partial charge in [0, 0.05) is 18.1 Å². The van der Waals surface area contributed by atoms with Crippen LogP contribution in [0.5, 0.6) is 0 Å². The fraction of sp³-hybridized carbons (Fsp3) is 0.286. The molecule has 3 aromatic carbocycles. The van der Waals surface area contributed by atoms with Crippen molar-refractivity contribution >= 4 is 39.1 Å². The Morgan fingerprint density at radius 2 is 1.58 bits per heavy atom. The van der Waals surface area contributed by atoms with Crippen LogP contribution in [0.15, 0.2) is 83.8 Å². The minimum atomic E-state index is -4.17. The highest BCUT2D eigenvalue weighted by Gasteiger charge is 2.33. The van der Waals surface area contributed by atoms with Gasteiger partial charge < -0.3 is 10.2 Å². The van der Waals surface area contributed by atoms with Crippen molar-refractivity contribution in [3.8, 4) is 0 Å². The van der Waals surface area contributed by atoms with Crippen molar-refractivity contribution in [3.63, 3.8) is 0 Å². The molecule has 0 spiro atoms. The molecule has 0 aliphatic carbocycles. The second-order valence-corrected chi connectivity index (χ2v) is 11.0. The molecule has 202 valence electrons. The van der Waals surface area contributed by atoms with Crippen molar-refractivity contribution in [1.82, 2.24) is 10.2 Å². The molecule has 2 amide bonds. The highest BCUT2D eigenvalue weighted by atomic mass is 35.5. The molecule has 7 nitrogen and oxygen atoms in total. The van der Waals surface area contributed by atoms with Gasteiger partial charge in [-0.3, -0.25) is 13.9 Å². The van der Waals surface area contributed by atoms with E-state index < -0.39 is 34.3 Å². The van der Waals surface area contributed by atoms with E-state index in [0.717, 1.165) is 10.7 Å². The smallest absolute Gasteiger partial charge is 0.264 e. The zero-order valence-electron chi connectivity index (χ0n) is 21.3. The van der Waals surface area contributed by atoms with Crippen LogP contribution in [0, 0.1) is 5.82 Å². The molecule has 0 heterocycles. The molecule has 1 unspecified atom stereocenters. The summed E-state index contributed by atoms with van der Waals surface area (Å²) in [5.41, 5.74) is 0.898. The van der Waals surface area contributed by atoms with Crippen LogP contribution in [0.2, 0.25) is 5.02 Å². The first-order valence-corrected chi connectivity index (χ1v) is 14.1. The summed E-state index contributed by atoms with van der Waals surface area (Å²) in [6.45, 7) is 3.59. The number of carbonyl (C=O) groups excluding carboxylic acids is 2. The SMILES string of the molecule is CCCNC(=O)C(CC)N(Cc1ccc(F)cc1)C(=O)CN(c1ccccc1)S(=O)(=O)c1ccc(Cl)cc1. The summed E-state index contributed by atoms with van der Waals surface area (Å²) in [4.78, 5) is 28.2. The molecule has 0 fully saturated rings. The summed E-state index contributed by atoms with van der Waals surface area (Å²) in [6.07, 6.45) is 1.02. The molecule has 0 aliphatic rings. The van der Waals surface area contributed by atoms with Crippen LogP contribution in [0.25, 0.3) is 0 Å². The van der Waals surface area contributed by atoms with E-state index in [2.05, 4.69) is 5.32 Å². The number of nitrogens with zero attached hydrogens (tertiary/aromatic N) is 2. The van der Waals surface area contributed by atoms with Crippen molar-refractivity contribution in [3.05, 3.63) is 95.3 Å². The van der Waals surface area contributed by atoms with E-state index in [1.165, 1.54) is 53.4 Å². The van der Waals surface area contributed by atoms with E-state index in [0.29, 0.717) is 29.2 Å². The second kappa shape index (κ2) is 13.4. The Labute approximate surface area is 228 Å². The van der Waals surface area contributed by atoms with Gasteiger partial charge in [0.1, 0.15) is 18.4 Å². The van der Waals surface area contributed by atoms with Crippen LogP contribution in [0.4, 0.5) is 10.1 Å². The Morgan fingerprint density at radius 1 is 0.947 bits per heavy atom. The van der Waals surface area contributed by atoms with E-state index in [1.54, 1.807) is 37.3 Å². The van der Waals surface area contributed by atoms with Gasteiger partial charge in [0.05, 0.1) is 10.6 Å². The molecule has 3 aromatic rings. The Kier molecular flexibility index (Phi) is 10.3. The molecule has 1 atom stereocenters. The fourth-order valence-corrected chi connectivity index (χ4v) is 5.47. The molecule has 1 N–H and O–H groups in total. The lowest BCUT2D eigenvalue weighted by atomic mass is 10.1. The lowest BCUT2D eigenvalue weighted by molar-refractivity contribution is -0.140. The molecule has 38 heavy (non-hydrogen) atoms. The zero-order valence-corrected chi connectivity index (χ0v) is 22.9. The minimum Gasteiger partial charge on any atom is -0.354 e. The number of carbonyl (C=O) groups is 2. The maximum atomic E-state index is 13.9. The third kappa shape index (κ3) is 7.33. The van der Waals surface area contributed by atoms with Crippen LogP contribution < -0.4 is 9.62 Å². The number of anilines is 1. The van der Waals surface area contributed by atoms with Gasteiger partial charge in [-0.05, 0) is 66.9 Å². The third-order valence-corrected chi connectivity index (χ3v) is 7.97. The van der Waals surface area contributed by atoms with Crippen LogP contribution in [0.1, 0.15) is 32.3 Å². The molecule has 0 aromatic heterocycles. The third-order valence-electron chi connectivity index (χ3n) is 5.93. The summed E-state index contributed by atoms with van der Waals surface area (Å²) in [5.74, 6) is -1.34. The average Bonchev–Trinajstić information content (AvgIpc) is 2.92. The first-order chi connectivity index (χ1) is 18.2. The largest absolute Gasteiger partial charge is 0.354 e. The summed E-state index contributed by atoms with van der Waals surface area (Å²) in [7, 11) is -4.17. The number of amides is 2. The van der Waals surface area contributed by atoms with Gasteiger partial charge in [0.25, 0.3) is 10.0 Å². The molecule has 0 radical (unpaired) electrons. The lowest BCUT2D eigenvalue weighted by Gasteiger charge is -2.33. The van der Waals surface area contributed by atoms with Gasteiger partial charge in [-0.2, -0.15) is 0 Å². The number of para-hydroxylation sites is 1. The van der Waals surface area contributed by atoms with Crippen molar-refractivity contribution in [2.75, 3.05) is 17.4 Å². The average molecular weight is 560 g/mol. The van der Waals surface area contributed by atoms with E-state index in [9.17, 15) is 22.4 Å². The number of hydrogen-bond donors (Lipinski definition) is 1. The van der Waals surface area contributed by atoms with Gasteiger partial charge in [-0.1, -0.05) is 55.8 Å². The van der Waals surface area contributed by atoms with Crippen LogP contribution >= 0.6 is 11.6 Å². The van der Waals surface area contributed by atoms with Crippen LogP contribution in [-0.2, 0) is 26.2 Å². The van der Waals surface area contributed by atoms with Gasteiger partial charge >= 0.3 is 0 Å². The van der Waals surface area contributed by atoms with Gasteiger partial charge in [0.15, 0.2) is 0 Å². The lowest BCUT2D eigenvalue weighted by Crippen LogP contribution is -2.52. The number of nitrogens with one attached hydrogen (secondary N) is 1. The minimum absolute atomic E-state index is 0.000781. The topological polar surface area (TPSA) is 86.8 Å². The first kappa shape index (κ1) is 29.1. The first-order valence-electron chi connectivity index (χ1n) is 12.3. The van der Waals surface area contributed by atoms with Crippen molar-refractivity contribution < 1.29 is 22.4 Å². The molecule has 10 heteroatoms. The quantitative estimate of drug-likeness (QED) is 0.338. The Morgan fingerprint density at radius 3 is 2.16 bits per heavy atom.